The fraction of sp³-hybridized carbons (Fsp3) is 0.455. The molecule has 0 spiro atoms. The van der Waals surface area contributed by atoms with E-state index >= 15 is 0 Å². The minimum Gasteiger partial charge on any atom is -0.405 e. The van der Waals surface area contributed by atoms with Crippen LogP contribution in [0.5, 0.6) is 0 Å². The second-order valence-electron chi connectivity index (χ2n) is 8.32. The van der Waals surface area contributed by atoms with Gasteiger partial charge in [0.05, 0.1) is 18.8 Å². The summed E-state index contributed by atoms with van der Waals surface area (Å²) in [6, 6.07) is 20.6. The number of ether oxygens (including phenoxy) is 2. The molecule has 3 atom stereocenters. The second-order valence-corrected chi connectivity index (χ2v) is 12.6. The largest absolute Gasteiger partial charge is 0.405 e. The Balaban J connectivity index is 2.01. The van der Waals surface area contributed by atoms with Gasteiger partial charge in [-0.3, -0.25) is 0 Å². The Hall–Kier alpha value is -2.15. The predicted octanol–water partition coefficient (Wildman–Crippen LogP) is 4.00. The Morgan fingerprint density at radius 3 is 2.07 bits per heavy atom. The maximum absolute atomic E-state index is 8.95. The number of nitrogens with zero attached hydrogens (tertiary/aromatic N) is 3. The lowest BCUT2D eigenvalue weighted by atomic mass is 10.1. The topological polar surface area (TPSA) is 76.5 Å². The highest BCUT2D eigenvalue weighted by atomic mass is 28.4. The molecular formula is C22H29N3O3Si. The molecule has 0 aromatic heterocycles. The van der Waals surface area contributed by atoms with Gasteiger partial charge < -0.3 is 13.9 Å². The Bertz CT molecular complexity index is 796. The van der Waals surface area contributed by atoms with Gasteiger partial charge in [-0.05, 0) is 20.9 Å². The molecule has 2 aromatic rings. The normalized spacial score (nSPS) is 22.3. The van der Waals surface area contributed by atoms with E-state index in [0.717, 1.165) is 0 Å². The van der Waals surface area contributed by atoms with Gasteiger partial charge >= 0.3 is 0 Å². The molecule has 1 aliphatic heterocycles. The van der Waals surface area contributed by atoms with Crippen LogP contribution in [0.15, 0.2) is 65.8 Å². The monoisotopic (exact) mass is 411 g/mol. The highest BCUT2D eigenvalue weighted by molar-refractivity contribution is 6.99. The summed E-state index contributed by atoms with van der Waals surface area (Å²) >= 11 is 0. The summed E-state index contributed by atoms with van der Waals surface area (Å²) in [6.07, 6.45) is -0.175. The minimum atomic E-state index is -2.66. The van der Waals surface area contributed by atoms with Crippen LogP contribution in [0.3, 0.4) is 0 Å². The Morgan fingerprint density at radius 1 is 1.07 bits per heavy atom. The van der Waals surface area contributed by atoms with E-state index < -0.39 is 8.32 Å². The number of azide groups is 1. The molecule has 1 saturated heterocycles. The number of hydrogen-bond donors (Lipinski definition) is 0. The lowest BCUT2D eigenvalue weighted by Gasteiger charge is -2.43. The summed E-state index contributed by atoms with van der Waals surface area (Å²) in [6.45, 7) is 7.05. The maximum atomic E-state index is 8.95. The van der Waals surface area contributed by atoms with E-state index in [2.05, 4.69) is 79.3 Å². The van der Waals surface area contributed by atoms with Crippen LogP contribution in [0.4, 0.5) is 0 Å². The quantitative estimate of drug-likeness (QED) is 0.299. The van der Waals surface area contributed by atoms with E-state index in [1.807, 2.05) is 12.1 Å². The molecule has 1 fully saturated rings. The summed E-state index contributed by atoms with van der Waals surface area (Å²) in [4.78, 5) is 2.99. The lowest BCUT2D eigenvalue weighted by molar-refractivity contribution is -0.122. The van der Waals surface area contributed by atoms with Crippen LogP contribution < -0.4 is 10.4 Å². The Labute approximate surface area is 173 Å². The SMILES string of the molecule is COC1C[C@H](N=[N+]=[N-])[C@@H](CO[Si](c2ccccc2)(c2ccccc2)C(C)(C)C)O1. The lowest BCUT2D eigenvalue weighted by Crippen LogP contribution is -2.67. The Kier molecular flexibility index (Phi) is 6.77. The van der Waals surface area contributed by atoms with E-state index in [9.17, 15) is 0 Å². The zero-order valence-corrected chi connectivity index (χ0v) is 18.5. The summed E-state index contributed by atoms with van der Waals surface area (Å²) in [7, 11) is -1.06. The van der Waals surface area contributed by atoms with Gasteiger partial charge in [0, 0.05) is 18.4 Å². The summed E-state index contributed by atoms with van der Waals surface area (Å²) < 4.78 is 18.2. The first-order chi connectivity index (χ1) is 13.9. The van der Waals surface area contributed by atoms with Gasteiger partial charge in [0.2, 0.25) is 0 Å². The van der Waals surface area contributed by atoms with E-state index in [0.29, 0.717) is 13.0 Å². The third-order valence-corrected chi connectivity index (χ3v) is 10.5. The summed E-state index contributed by atoms with van der Waals surface area (Å²) in [5.74, 6) is 0. The standard InChI is InChI=1S/C22H29N3O3Si/c1-22(2,3)29(17-11-7-5-8-12-17,18-13-9-6-10-14-18)27-16-20-19(24-25-23)15-21(26-4)28-20/h5-14,19-21H,15-16H2,1-4H3/t19-,20+,21?/m0/s1. The molecule has 7 heteroatoms. The van der Waals surface area contributed by atoms with Gasteiger partial charge in [-0.1, -0.05) is 86.5 Å². The third-order valence-electron chi connectivity index (χ3n) is 5.53. The Morgan fingerprint density at radius 2 is 1.62 bits per heavy atom. The average molecular weight is 412 g/mol. The zero-order valence-electron chi connectivity index (χ0n) is 17.5. The molecule has 1 heterocycles. The van der Waals surface area contributed by atoms with E-state index in [4.69, 9.17) is 19.4 Å². The third kappa shape index (κ3) is 4.39. The first-order valence-electron chi connectivity index (χ1n) is 9.90. The van der Waals surface area contributed by atoms with E-state index in [1.165, 1.54) is 10.4 Å². The minimum absolute atomic E-state index is 0.122. The van der Waals surface area contributed by atoms with Crippen molar-refractivity contribution in [3.05, 3.63) is 71.1 Å². The van der Waals surface area contributed by atoms with Crippen molar-refractivity contribution >= 4 is 18.7 Å². The number of hydrogen-bond acceptors (Lipinski definition) is 4. The molecule has 154 valence electrons. The van der Waals surface area contributed by atoms with Gasteiger partial charge in [-0.25, -0.2) is 0 Å². The van der Waals surface area contributed by atoms with Crippen LogP contribution in [-0.2, 0) is 13.9 Å². The molecule has 0 radical (unpaired) electrons. The van der Waals surface area contributed by atoms with Crippen LogP contribution in [-0.4, -0.2) is 40.5 Å². The summed E-state index contributed by atoms with van der Waals surface area (Å²) in [5, 5.41) is 6.22. The fourth-order valence-corrected chi connectivity index (χ4v) is 8.72. The van der Waals surface area contributed by atoms with Crippen LogP contribution in [0.1, 0.15) is 27.2 Å². The van der Waals surface area contributed by atoms with Crippen molar-refractivity contribution in [2.45, 2.75) is 50.7 Å². The molecule has 1 aliphatic rings. The zero-order chi connectivity index (χ0) is 20.9. The molecule has 0 saturated carbocycles. The smallest absolute Gasteiger partial charge is 0.261 e. The van der Waals surface area contributed by atoms with Gasteiger partial charge in [-0.2, -0.15) is 0 Å². The molecular weight excluding hydrogens is 382 g/mol. The number of benzene rings is 2. The molecule has 1 unspecified atom stereocenters. The molecule has 0 amide bonds. The van der Waals surface area contributed by atoms with Crippen molar-refractivity contribution in [1.29, 1.82) is 0 Å². The molecule has 2 aromatic carbocycles. The van der Waals surface area contributed by atoms with Gasteiger partial charge in [0.1, 0.15) is 0 Å². The molecule has 29 heavy (non-hydrogen) atoms. The first kappa shape index (κ1) is 21.6. The maximum Gasteiger partial charge on any atom is 0.261 e. The van der Waals surface area contributed by atoms with Crippen LogP contribution >= 0.6 is 0 Å². The predicted molar refractivity (Wildman–Crippen MR) is 117 cm³/mol. The number of methoxy groups -OCH3 is 1. The van der Waals surface area contributed by atoms with Crippen molar-refractivity contribution in [2.24, 2.45) is 5.11 Å². The second kappa shape index (κ2) is 9.11. The van der Waals surface area contributed by atoms with Crippen molar-refractivity contribution in [1.82, 2.24) is 0 Å². The molecule has 0 bridgehead atoms. The van der Waals surface area contributed by atoms with E-state index in [-0.39, 0.29) is 23.5 Å². The van der Waals surface area contributed by atoms with Gasteiger partial charge in [-0.15, -0.1) is 0 Å². The summed E-state index contributed by atoms with van der Waals surface area (Å²) in [5.41, 5.74) is 8.95. The van der Waals surface area contributed by atoms with E-state index in [1.54, 1.807) is 7.11 Å². The highest BCUT2D eigenvalue weighted by Crippen LogP contribution is 2.37. The van der Waals surface area contributed by atoms with Crippen molar-refractivity contribution in [2.75, 3.05) is 13.7 Å². The van der Waals surface area contributed by atoms with Crippen LogP contribution in [0.25, 0.3) is 10.4 Å². The van der Waals surface area contributed by atoms with Crippen molar-refractivity contribution in [3.63, 3.8) is 0 Å². The molecule has 3 rings (SSSR count). The number of rotatable bonds is 7. The average Bonchev–Trinajstić information content (AvgIpc) is 3.11. The molecule has 6 nitrogen and oxygen atoms in total. The fourth-order valence-electron chi connectivity index (χ4n) is 4.15. The van der Waals surface area contributed by atoms with Crippen molar-refractivity contribution in [3.8, 4) is 0 Å². The van der Waals surface area contributed by atoms with Gasteiger partial charge in [0.25, 0.3) is 8.32 Å². The molecule has 0 aliphatic carbocycles. The van der Waals surface area contributed by atoms with Crippen LogP contribution in [0.2, 0.25) is 5.04 Å². The molecule has 0 N–H and O–H groups in total. The highest BCUT2D eigenvalue weighted by Gasteiger charge is 2.51. The van der Waals surface area contributed by atoms with Gasteiger partial charge in [0.15, 0.2) is 6.29 Å². The van der Waals surface area contributed by atoms with Crippen molar-refractivity contribution < 1.29 is 13.9 Å². The first-order valence-corrected chi connectivity index (χ1v) is 11.8. The van der Waals surface area contributed by atoms with Crippen LogP contribution in [0, 0.1) is 0 Å².